The fraction of sp³-hybridized carbons (Fsp3) is 0.556. The van der Waals surface area contributed by atoms with E-state index in [2.05, 4.69) is 59.5 Å². The first-order valence-electron chi connectivity index (χ1n) is 16.1. The molecule has 1 aliphatic carbocycles. The topological polar surface area (TPSA) is 116 Å². The Kier molecular flexibility index (Phi) is 12.6. The van der Waals surface area contributed by atoms with Gasteiger partial charge in [0.05, 0.1) is 11.8 Å². The lowest BCUT2D eigenvalue weighted by molar-refractivity contribution is -0.131. The molecule has 0 saturated carbocycles. The van der Waals surface area contributed by atoms with Crippen molar-refractivity contribution in [2.75, 3.05) is 12.3 Å². The van der Waals surface area contributed by atoms with Gasteiger partial charge in [0.1, 0.15) is 11.4 Å². The summed E-state index contributed by atoms with van der Waals surface area (Å²) in [7, 11) is -4.20. The Bertz CT molecular complexity index is 1610. The lowest BCUT2D eigenvalue weighted by Gasteiger charge is -2.41. The normalized spacial score (nSPS) is 22.7. The average Bonchev–Trinajstić information content (AvgIpc) is 3.20. The predicted molar refractivity (Wildman–Crippen MR) is 191 cm³/mol. The van der Waals surface area contributed by atoms with Crippen LogP contribution in [0.5, 0.6) is 0 Å². The summed E-state index contributed by atoms with van der Waals surface area (Å²) >= 11 is 12.8. The quantitative estimate of drug-likeness (QED) is 0.167. The van der Waals surface area contributed by atoms with Crippen molar-refractivity contribution in [2.45, 2.75) is 99.2 Å². The van der Waals surface area contributed by atoms with E-state index in [1.807, 2.05) is 24.0 Å². The second-order valence-electron chi connectivity index (χ2n) is 15.0. The van der Waals surface area contributed by atoms with E-state index in [4.69, 9.17) is 32.7 Å². The molecule has 2 amide bonds. The highest BCUT2D eigenvalue weighted by molar-refractivity contribution is 7.85. The summed E-state index contributed by atoms with van der Waals surface area (Å²) in [5, 5.41) is 3.51. The minimum Gasteiger partial charge on any atom is -0.351 e. The third-order valence-electron chi connectivity index (χ3n) is 8.92. The van der Waals surface area contributed by atoms with Gasteiger partial charge in [-0.2, -0.15) is 8.42 Å². The maximum atomic E-state index is 14.6. The van der Waals surface area contributed by atoms with Gasteiger partial charge >= 0.3 is 0 Å². The van der Waals surface area contributed by atoms with Crippen LogP contribution in [-0.4, -0.2) is 53.4 Å². The van der Waals surface area contributed by atoms with Crippen LogP contribution in [0.15, 0.2) is 68.9 Å². The maximum absolute atomic E-state index is 14.6. The second kappa shape index (κ2) is 15.3. The minimum atomic E-state index is -4.20. The molecule has 3 unspecified atom stereocenters. The molecule has 0 fully saturated rings. The van der Waals surface area contributed by atoms with Crippen LogP contribution >= 0.6 is 23.2 Å². The van der Waals surface area contributed by atoms with Crippen LogP contribution in [0, 0.1) is 16.7 Å². The van der Waals surface area contributed by atoms with E-state index in [9.17, 15) is 18.0 Å². The van der Waals surface area contributed by atoms with Crippen LogP contribution in [0.2, 0.25) is 0 Å². The number of hydrogen-bond donors (Lipinski definition) is 2. The highest BCUT2D eigenvalue weighted by Gasteiger charge is 2.48. The summed E-state index contributed by atoms with van der Waals surface area (Å²) in [6.07, 6.45) is 8.53. The lowest BCUT2D eigenvalue weighted by atomic mass is 9.78. The number of benzene rings is 1. The van der Waals surface area contributed by atoms with Crippen molar-refractivity contribution in [2.24, 2.45) is 21.7 Å². The zero-order valence-corrected chi connectivity index (χ0v) is 31.1. The molecule has 1 aromatic carbocycles. The van der Waals surface area contributed by atoms with E-state index < -0.39 is 27.4 Å². The number of amides is 2. The third-order valence-corrected chi connectivity index (χ3v) is 10.2. The second-order valence-corrected chi connectivity index (χ2v) is 17.5. The first kappa shape index (κ1) is 38.8. The smallest absolute Gasteiger partial charge is 0.275 e. The standard InChI is InChI=1S/C36H49Cl2N3O5S/c1-24(35(5,6)7)17-20-36(8)40-31(27-13-14-28(37)15-16-29(38)23-27)33(43)41(36)30(18-19-34(2,3)4)25-9-11-26(12-10-25)32(42)39-21-22-47(44,45)46/h9-12,14-15,23-24,30H,16-22H2,1-8H3,(H,39,42)(H,44,45,46)/b28-15+,29-23+. The summed E-state index contributed by atoms with van der Waals surface area (Å²) < 4.78 is 31.1. The van der Waals surface area contributed by atoms with Crippen LogP contribution in [0.4, 0.5) is 0 Å². The van der Waals surface area contributed by atoms with Crippen molar-refractivity contribution < 1.29 is 22.6 Å². The molecular formula is C36H49Cl2N3O5S. The predicted octanol–water partition coefficient (Wildman–Crippen LogP) is 8.36. The van der Waals surface area contributed by atoms with Crippen LogP contribution in [0.1, 0.15) is 109 Å². The number of hydrogen-bond acceptors (Lipinski definition) is 5. The van der Waals surface area contributed by atoms with Crippen LogP contribution in [0.3, 0.4) is 0 Å². The number of carbonyl (C=O) groups excluding carboxylic acids is 2. The van der Waals surface area contributed by atoms with Gasteiger partial charge < -0.3 is 10.2 Å². The van der Waals surface area contributed by atoms with E-state index in [1.54, 1.807) is 30.4 Å². The summed E-state index contributed by atoms with van der Waals surface area (Å²) in [5.41, 5.74) is 4.29. The molecule has 258 valence electrons. The van der Waals surface area contributed by atoms with Gasteiger partial charge in [-0.3, -0.25) is 19.1 Å². The number of aliphatic imine (C=N–C) groups is 1. The van der Waals surface area contributed by atoms with Gasteiger partial charge in [0, 0.05) is 34.2 Å². The molecule has 2 aliphatic rings. The zero-order valence-electron chi connectivity index (χ0n) is 28.8. The number of rotatable bonds is 12. The van der Waals surface area contributed by atoms with Crippen molar-refractivity contribution in [1.29, 1.82) is 0 Å². The Morgan fingerprint density at radius 1 is 1.13 bits per heavy atom. The Labute approximate surface area is 290 Å². The first-order chi connectivity index (χ1) is 21.6. The Balaban J connectivity index is 2.09. The average molecular weight is 707 g/mol. The zero-order chi connectivity index (χ0) is 35.4. The van der Waals surface area contributed by atoms with E-state index >= 15 is 0 Å². The number of halogens is 2. The molecule has 11 heteroatoms. The minimum absolute atomic E-state index is 0.0150. The lowest BCUT2D eigenvalue weighted by Crippen LogP contribution is -2.47. The Morgan fingerprint density at radius 3 is 2.34 bits per heavy atom. The summed E-state index contributed by atoms with van der Waals surface area (Å²) in [6.45, 7) is 17.2. The molecular weight excluding hydrogens is 657 g/mol. The van der Waals surface area contributed by atoms with Crippen molar-refractivity contribution in [1.82, 2.24) is 10.2 Å². The van der Waals surface area contributed by atoms with Crippen LogP contribution in [-0.2, 0) is 14.9 Å². The summed E-state index contributed by atoms with van der Waals surface area (Å²) in [5.74, 6) is -0.902. The van der Waals surface area contributed by atoms with Gasteiger partial charge in [-0.15, -0.1) is 5.73 Å². The number of nitrogens with zero attached hydrogens (tertiary/aromatic N) is 2. The van der Waals surface area contributed by atoms with Crippen LogP contribution < -0.4 is 5.32 Å². The first-order valence-corrected chi connectivity index (χ1v) is 18.4. The summed E-state index contributed by atoms with van der Waals surface area (Å²) in [4.78, 5) is 34.4. The van der Waals surface area contributed by atoms with Gasteiger partial charge in [-0.25, -0.2) is 0 Å². The van der Waals surface area contributed by atoms with Crippen molar-refractivity contribution in [3.63, 3.8) is 0 Å². The number of carbonyl (C=O) groups is 2. The monoisotopic (exact) mass is 705 g/mol. The van der Waals surface area contributed by atoms with Crippen molar-refractivity contribution in [3.05, 3.63) is 75.0 Å². The Morgan fingerprint density at radius 2 is 1.77 bits per heavy atom. The van der Waals surface area contributed by atoms with E-state index in [0.29, 0.717) is 46.4 Å². The number of nitrogens with one attached hydrogen (secondary N) is 1. The van der Waals surface area contributed by atoms with Crippen molar-refractivity contribution in [3.8, 4) is 0 Å². The largest absolute Gasteiger partial charge is 0.351 e. The number of allylic oxidation sites excluding steroid dienone is 4. The molecule has 3 atom stereocenters. The van der Waals surface area contributed by atoms with Gasteiger partial charge in [-0.1, -0.05) is 89.9 Å². The molecule has 0 saturated heterocycles. The molecule has 3 rings (SSSR count). The summed E-state index contributed by atoms with van der Waals surface area (Å²) in [6, 6.07) is 6.65. The fourth-order valence-electron chi connectivity index (χ4n) is 5.49. The third kappa shape index (κ3) is 11.2. The Hall–Kier alpha value is -2.68. The maximum Gasteiger partial charge on any atom is 0.275 e. The van der Waals surface area contributed by atoms with Gasteiger partial charge in [0.15, 0.2) is 0 Å². The molecule has 1 heterocycles. The molecule has 8 nitrogen and oxygen atoms in total. The molecule has 0 bridgehead atoms. The molecule has 2 N–H and O–H groups in total. The molecule has 47 heavy (non-hydrogen) atoms. The van der Waals surface area contributed by atoms with Gasteiger partial charge in [-0.05, 0) is 79.2 Å². The van der Waals surface area contributed by atoms with E-state index in [-0.39, 0.29) is 35.0 Å². The fourth-order valence-corrected chi connectivity index (χ4v) is 6.17. The molecule has 0 aromatic heterocycles. The highest BCUT2D eigenvalue weighted by Crippen LogP contribution is 2.43. The molecule has 1 aromatic rings. The van der Waals surface area contributed by atoms with E-state index in [0.717, 1.165) is 18.4 Å². The highest BCUT2D eigenvalue weighted by atomic mass is 35.5. The SMILES string of the molecule is CC(CCC1(C)N=C(C2=C=C/C(Cl)=C\C/C(Cl)=C\2)C(=O)N1C(CCC(C)(C)C)c1ccc(C(=O)NCCS(=O)(=O)O)cc1)C(C)(C)C. The molecule has 0 spiro atoms. The van der Waals surface area contributed by atoms with Crippen LogP contribution in [0.25, 0.3) is 0 Å². The van der Waals surface area contributed by atoms with Crippen molar-refractivity contribution >= 4 is 50.8 Å². The molecule has 0 radical (unpaired) electrons. The van der Waals surface area contributed by atoms with Gasteiger partial charge in [0.2, 0.25) is 0 Å². The molecule has 1 aliphatic heterocycles. The van der Waals surface area contributed by atoms with Gasteiger partial charge in [0.25, 0.3) is 21.9 Å². The van der Waals surface area contributed by atoms with E-state index in [1.165, 1.54) is 0 Å².